The van der Waals surface area contributed by atoms with Crippen LogP contribution in [0.15, 0.2) is 187 Å². The van der Waals surface area contributed by atoms with Gasteiger partial charge in [-0.3, -0.25) is 4.99 Å². The maximum absolute atomic E-state index is 5.44. The lowest BCUT2D eigenvalue weighted by Gasteiger charge is -2.26. The molecule has 1 heteroatoms. The predicted molar refractivity (Wildman–Crippen MR) is 215 cm³/mol. The van der Waals surface area contributed by atoms with Gasteiger partial charge in [0.25, 0.3) is 0 Å². The lowest BCUT2D eigenvalue weighted by Crippen LogP contribution is -2.18. The molecule has 0 aromatic heterocycles. The van der Waals surface area contributed by atoms with E-state index < -0.39 is 0 Å². The lowest BCUT2D eigenvalue weighted by molar-refractivity contribution is 1.10. The minimum atomic E-state index is 0.133. The SMILES string of the molecule is c1ccc(-c2ccc3c(-c4ccc5ccccc5c4)c4ccccc4c(-c4ccc5c(c4)N=C4c6ccccc6-c6ccccc6C45)c3c2)cc1. The molecule has 0 spiro atoms. The minimum Gasteiger partial charge on any atom is -0.251 e. The summed E-state index contributed by atoms with van der Waals surface area (Å²) in [7, 11) is 0. The second kappa shape index (κ2) is 11.0. The van der Waals surface area contributed by atoms with Crippen LogP contribution in [0.25, 0.3) is 76.8 Å². The molecule has 0 saturated heterocycles. The van der Waals surface area contributed by atoms with Crippen molar-refractivity contribution in [1.82, 2.24) is 0 Å². The molecule has 2 aliphatic rings. The zero-order valence-corrected chi connectivity index (χ0v) is 27.8. The van der Waals surface area contributed by atoms with E-state index in [0.717, 1.165) is 11.4 Å². The average molecular weight is 646 g/mol. The molecule has 0 fully saturated rings. The maximum atomic E-state index is 5.44. The van der Waals surface area contributed by atoms with Gasteiger partial charge in [0, 0.05) is 5.56 Å². The molecule has 1 atom stereocenters. The second-order valence-electron chi connectivity index (χ2n) is 13.8. The highest BCUT2D eigenvalue weighted by Gasteiger charge is 2.36. The van der Waals surface area contributed by atoms with E-state index in [-0.39, 0.29) is 5.92 Å². The summed E-state index contributed by atoms with van der Waals surface area (Å²) in [5.74, 6) is 0.133. The summed E-state index contributed by atoms with van der Waals surface area (Å²) in [6.07, 6.45) is 0. The number of fused-ring (bicyclic) bond motifs is 11. The molecule has 0 radical (unpaired) electrons. The maximum Gasteiger partial charge on any atom is 0.0682 e. The summed E-state index contributed by atoms with van der Waals surface area (Å²) in [5, 5.41) is 7.50. The Labute approximate surface area is 296 Å². The summed E-state index contributed by atoms with van der Waals surface area (Å²) in [5.41, 5.74) is 16.0. The van der Waals surface area contributed by atoms with E-state index in [9.17, 15) is 0 Å². The second-order valence-corrected chi connectivity index (χ2v) is 13.8. The third-order valence-corrected chi connectivity index (χ3v) is 11.1. The van der Waals surface area contributed by atoms with Crippen LogP contribution >= 0.6 is 0 Å². The van der Waals surface area contributed by atoms with E-state index in [2.05, 4.69) is 182 Å². The smallest absolute Gasteiger partial charge is 0.0682 e. The van der Waals surface area contributed by atoms with Crippen LogP contribution in [0.5, 0.6) is 0 Å². The number of benzene rings is 9. The zero-order chi connectivity index (χ0) is 33.5. The molecule has 0 bridgehead atoms. The number of aliphatic imine (C=N–C) groups is 1. The van der Waals surface area contributed by atoms with Gasteiger partial charge in [-0.15, -0.1) is 0 Å². The summed E-state index contributed by atoms with van der Waals surface area (Å²) < 4.78 is 0. The van der Waals surface area contributed by atoms with Gasteiger partial charge in [0.15, 0.2) is 0 Å². The Morgan fingerprint density at radius 2 is 0.941 bits per heavy atom. The van der Waals surface area contributed by atoms with Crippen LogP contribution in [0.3, 0.4) is 0 Å². The Kier molecular flexibility index (Phi) is 6.08. The Bertz CT molecular complexity index is 2910. The van der Waals surface area contributed by atoms with Crippen molar-refractivity contribution in [3.63, 3.8) is 0 Å². The van der Waals surface area contributed by atoms with Gasteiger partial charge >= 0.3 is 0 Å². The van der Waals surface area contributed by atoms with Gasteiger partial charge < -0.3 is 0 Å². The molecule has 1 aliphatic carbocycles. The van der Waals surface area contributed by atoms with Crippen molar-refractivity contribution in [3.05, 3.63) is 199 Å². The van der Waals surface area contributed by atoms with Crippen molar-refractivity contribution in [3.8, 4) is 44.5 Å². The highest BCUT2D eigenvalue weighted by Crippen LogP contribution is 2.52. The monoisotopic (exact) mass is 645 g/mol. The fraction of sp³-hybridized carbons (Fsp3) is 0.0200. The van der Waals surface area contributed by atoms with E-state index in [0.29, 0.717) is 0 Å². The molecule has 11 rings (SSSR count). The van der Waals surface area contributed by atoms with Crippen LogP contribution in [0.1, 0.15) is 22.6 Å². The topological polar surface area (TPSA) is 12.4 Å². The fourth-order valence-corrected chi connectivity index (χ4v) is 8.80. The molecule has 1 unspecified atom stereocenters. The number of rotatable bonds is 3. The van der Waals surface area contributed by atoms with Crippen molar-refractivity contribution in [2.75, 3.05) is 0 Å². The Hall–Kier alpha value is -6.57. The van der Waals surface area contributed by atoms with Crippen molar-refractivity contribution < 1.29 is 0 Å². The van der Waals surface area contributed by atoms with Gasteiger partial charge in [-0.2, -0.15) is 0 Å². The quantitative estimate of drug-likeness (QED) is 0.170. The highest BCUT2D eigenvalue weighted by atomic mass is 14.8. The van der Waals surface area contributed by atoms with Gasteiger partial charge in [-0.25, -0.2) is 0 Å². The summed E-state index contributed by atoms with van der Waals surface area (Å²) in [6.45, 7) is 0. The minimum absolute atomic E-state index is 0.133. The molecule has 0 amide bonds. The van der Waals surface area contributed by atoms with Crippen molar-refractivity contribution >= 4 is 43.7 Å². The van der Waals surface area contributed by atoms with Crippen LogP contribution < -0.4 is 0 Å². The largest absolute Gasteiger partial charge is 0.251 e. The molecule has 0 N–H and O–H groups in total. The standard InChI is InChI=1S/C50H31N/c1-2-12-31(13-3-1)34-24-26-42-45(29-34)48(41-20-10-9-19-40(41)47(42)35-23-22-32-14-4-5-15-33(32)28-35)36-25-27-44-46(30-36)51-50-43-21-11-7-17-38(43)37-16-6-8-18-39(37)49(44)50/h1-30,49H. The molecule has 1 aliphatic heterocycles. The summed E-state index contributed by atoms with van der Waals surface area (Å²) in [4.78, 5) is 5.44. The molecule has 9 aromatic rings. The Morgan fingerprint density at radius 1 is 0.333 bits per heavy atom. The number of hydrogen-bond acceptors (Lipinski definition) is 1. The van der Waals surface area contributed by atoms with E-state index in [1.54, 1.807) is 0 Å². The normalized spacial score (nSPS) is 14.2. The van der Waals surface area contributed by atoms with E-state index >= 15 is 0 Å². The third-order valence-electron chi connectivity index (χ3n) is 11.1. The molecular formula is C50H31N. The molecule has 0 saturated carbocycles. The van der Waals surface area contributed by atoms with Crippen molar-refractivity contribution in [2.24, 2.45) is 4.99 Å². The molecule has 236 valence electrons. The first kappa shape index (κ1) is 28.3. The number of hydrogen-bond donors (Lipinski definition) is 0. The first-order valence-electron chi connectivity index (χ1n) is 17.7. The fourth-order valence-electron chi connectivity index (χ4n) is 8.80. The van der Waals surface area contributed by atoms with E-state index in [1.165, 1.54) is 93.5 Å². The van der Waals surface area contributed by atoms with E-state index in [4.69, 9.17) is 4.99 Å². The zero-order valence-electron chi connectivity index (χ0n) is 27.8. The van der Waals surface area contributed by atoms with Crippen LogP contribution in [-0.2, 0) is 0 Å². The van der Waals surface area contributed by atoms with Crippen molar-refractivity contribution in [2.45, 2.75) is 5.92 Å². The van der Waals surface area contributed by atoms with Gasteiger partial charge in [0.1, 0.15) is 0 Å². The summed E-state index contributed by atoms with van der Waals surface area (Å²) in [6, 6.07) is 66.9. The first-order valence-corrected chi connectivity index (χ1v) is 17.7. The molecule has 51 heavy (non-hydrogen) atoms. The molecular weight excluding hydrogens is 615 g/mol. The van der Waals surface area contributed by atoms with E-state index in [1.807, 2.05) is 0 Å². The number of nitrogens with zero attached hydrogens (tertiary/aromatic N) is 1. The van der Waals surface area contributed by atoms with Gasteiger partial charge in [0.05, 0.1) is 17.3 Å². The lowest BCUT2D eigenvalue weighted by atomic mass is 9.75. The highest BCUT2D eigenvalue weighted by molar-refractivity contribution is 6.23. The van der Waals surface area contributed by atoms with Crippen LogP contribution in [0, 0.1) is 0 Å². The first-order chi connectivity index (χ1) is 25.3. The Balaban J connectivity index is 1.19. The Morgan fingerprint density at radius 3 is 1.78 bits per heavy atom. The average Bonchev–Trinajstić information content (AvgIpc) is 3.59. The van der Waals surface area contributed by atoms with Gasteiger partial charge in [0.2, 0.25) is 0 Å². The van der Waals surface area contributed by atoms with Gasteiger partial charge in [-0.05, 0) is 106 Å². The molecule has 9 aromatic carbocycles. The third kappa shape index (κ3) is 4.25. The molecule has 1 nitrogen and oxygen atoms in total. The van der Waals surface area contributed by atoms with Gasteiger partial charge in [-0.1, -0.05) is 164 Å². The predicted octanol–water partition coefficient (Wildman–Crippen LogP) is 13.4. The summed E-state index contributed by atoms with van der Waals surface area (Å²) >= 11 is 0. The van der Waals surface area contributed by atoms with Crippen LogP contribution in [0.2, 0.25) is 0 Å². The van der Waals surface area contributed by atoms with Crippen molar-refractivity contribution in [1.29, 1.82) is 0 Å². The van der Waals surface area contributed by atoms with Crippen LogP contribution in [-0.4, -0.2) is 5.71 Å². The molecule has 1 heterocycles. The van der Waals surface area contributed by atoms with Crippen LogP contribution in [0.4, 0.5) is 5.69 Å².